The molecule has 0 saturated carbocycles. The predicted octanol–water partition coefficient (Wildman–Crippen LogP) is 0.982. The molecular formula is C17H27N3O4. The molecule has 1 aliphatic heterocycles. The van der Waals surface area contributed by atoms with Gasteiger partial charge in [0.2, 0.25) is 0 Å². The van der Waals surface area contributed by atoms with E-state index in [4.69, 9.17) is 9.84 Å². The summed E-state index contributed by atoms with van der Waals surface area (Å²) in [6.07, 6.45) is -0.165. The fourth-order valence-corrected chi connectivity index (χ4v) is 3.33. The lowest BCUT2D eigenvalue weighted by Gasteiger charge is -2.34. The molecule has 2 heterocycles. The third kappa shape index (κ3) is 4.15. The molecule has 24 heavy (non-hydrogen) atoms. The smallest absolute Gasteiger partial charge is 0.317 e. The van der Waals surface area contributed by atoms with Crippen molar-refractivity contribution in [2.75, 3.05) is 39.8 Å². The van der Waals surface area contributed by atoms with E-state index in [0.29, 0.717) is 26.2 Å². The number of rotatable bonds is 6. The average Bonchev–Trinajstić information content (AvgIpc) is 2.80. The number of morpholine rings is 1. The van der Waals surface area contributed by atoms with Crippen molar-refractivity contribution in [2.24, 2.45) is 0 Å². The van der Waals surface area contributed by atoms with Crippen LogP contribution in [0.2, 0.25) is 0 Å². The molecule has 7 heteroatoms. The Morgan fingerprint density at radius 3 is 2.71 bits per heavy atom. The summed E-state index contributed by atoms with van der Waals surface area (Å²) in [4.78, 5) is 27.1. The van der Waals surface area contributed by atoms with E-state index >= 15 is 0 Å². The molecule has 1 aromatic heterocycles. The highest BCUT2D eigenvalue weighted by Crippen LogP contribution is 2.19. The lowest BCUT2D eigenvalue weighted by atomic mass is 10.2. The van der Waals surface area contributed by atoms with Gasteiger partial charge in [0.25, 0.3) is 5.91 Å². The number of aromatic nitrogens is 1. The van der Waals surface area contributed by atoms with Crippen molar-refractivity contribution in [3.05, 3.63) is 23.0 Å². The van der Waals surface area contributed by atoms with E-state index in [2.05, 4.69) is 11.5 Å². The number of likely N-dealkylation sites (N-methyl/N-ethyl adjacent to an activating group) is 1. The third-order valence-electron chi connectivity index (χ3n) is 4.47. The zero-order valence-electron chi connectivity index (χ0n) is 14.9. The minimum atomic E-state index is -0.867. The molecule has 1 amide bonds. The summed E-state index contributed by atoms with van der Waals surface area (Å²) in [5.74, 6) is -0.842. The first-order valence-corrected chi connectivity index (χ1v) is 8.31. The topological polar surface area (TPSA) is 75.0 Å². The number of carboxylic acids is 1. The number of ether oxygens (including phenoxy) is 1. The second kappa shape index (κ2) is 7.81. The summed E-state index contributed by atoms with van der Waals surface area (Å²) >= 11 is 0. The van der Waals surface area contributed by atoms with Gasteiger partial charge in [0.05, 0.1) is 24.8 Å². The van der Waals surface area contributed by atoms with Crippen LogP contribution in [0.5, 0.6) is 0 Å². The van der Waals surface area contributed by atoms with Crippen molar-refractivity contribution in [3.63, 3.8) is 0 Å². The molecule has 134 valence electrons. The number of aryl methyl sites for hydroxylation is 1. The largest absolute Gasteiger partial charge is 0.480 e. The summed E-state index contributed by atoms with van der Waals surface area (Å²) in [5.41, 5.74) is 2.82. The number of carbonyl (C=O) groups is 2. The zero-order valence-corrected chi connectivity index (χ0v) is 14.9. The maximum atomic E-state index is 12.9. The Morgan fingerprint density at radius 2 is 2.12 bits per heavy atom. The first-order valence-electron chi connectivity index (χ1n) is 8.31. The maximum Gasteiger partial charge on any atom is 0.317 e. The first kappa shape index (κ1) is 18.5. The van der Waals surface area contributed by atoms with Crippen LogP contribution in [0.1, 0.15) is 28.7 Å². The number of nitrogens with zero attached hydrogens (tertiary/aromatic N) is 3. The summed E-state index contributed by atoms with van der Waals surface area (Å²) < 4.78 is 7.82. The van der Waals surface area contributed by atoms with E-state index in [0.717, 1.165) is 23.5 Å². The van der Waals surface area contributed by atoms with Crippen LogP contribution in [0, 0.1) is 13.8 Å². The highest BCUT2D eigenvalue weighted by molar-refractivity contribution is 5.95. The van der Waals surface area contributed by atoms with Crippen LogP contribution in [0.4, 0.5) is 0 Å². The number of aliphatic carboxylic acids is 1. The zero-order chi connectivity index (χ0) is 17.9. The minimum Gasteiger partial charge on any atom is -0.480 e. The molecule has 1 atom stereocenters. The van der Waals surface area contributed by atoms with Gasteiger partial charge in [0.1, 0.15) is 0 Å². The number of carbonyl (C=O) groups excluding carboxylic acids is 1. The van der Waals surface area contributed by atoms with Crippen LogP contribution >= 0.6 is 0 Å². The number of hydrogen-bond acceptors (Lipinski definition) is 4. The van der Waals surface area contributed by atoms with E-state index in [1.165, 1.54) is 0 Å². The van der Waals surface area contributed by atoms with Crippen LogP contribution in [-0.4, -0.2) is 77.3 Å². The van der Waals surface area contributed by atoms with Crippen molar-refractivity contribution in [1.29, 1.82) is 0 Å². The molecule has 7 nitrogen and oxygen atoms in total. The molecule has 1 saturated heterocycles. The molecule has 1 aliphatic rings. The lowest BCUT2D eigenvalue weighted by Crippen LogP contribution is -2.49. The molecule has 0 spiro atoms. The Bertz CT molecular complexity index is 611. The van der Waals surface area contributed by atoms with E-state index in [1.54, 1.807) is 11.9 Å². The average molecular weight is 337 g/mol. The van der Waals surface area contributed by atoms with Gasteiger partial charge in [-0.1, -0.05) is 0 Å². The SMILES string of the molecule is CCn1c(C)cc(C(=O)N2CCOC(CN(C)CC(=O)O)C2)c1C. The summed E-state index contributed by atoms with van der Waals surface area (Å²) in [6.45, 7) is 8.87. The molecule has 0 aliphatic carbocycles. The van der Waals surface area contributed by atoms with Crippen molar-refractivity contribution in [3.8, 4) is 0 Å². The van der Waals surface area contributed by atoms with Crippen LogP contribution in [0.25, 0.3) is 0 Å². The second-order valence-electron chi connectivity index (χ2n) is 6.36. The quantitative estimate of drug-likeness (QED) is 0.838. The van der Waals surface area contributed by atoms with E-state index in [9.17, 15) is 9.59 Å². The summed E-state index contributed by atoms with van der Waals surface area (Å²) in [7, 11) is 1.74. The maximum absolute atomic E-state index is 12.9. The van der Waals surface area contributed by atoms with Gasteiger partial charge in [-0.05, 0) is 33.9 Å². The van der Waals surface area contributed by atoms with Gasteiger partial charge in [0.15, 0.2) is 0 Å². The van der Waals surface area contributed by atoms with E-state index < -0.39 is 5.97 Å². The van der Waals surface area contributed by atoms with Crippen LogP contribution in [-0.2, 0) is 16.1 Å². The van der Waals surface area contributed by atoms with Gasteiger partial charge in [-0.15, -0.1) is 0 Å². The Kier molecular flexibility index (Phi) is 6.01. The van der Waals surface area contributed by atoms with Crippen LogP contribution < -0.4 is 0 Å². The number of amides is 1. The highest BCUT2D eigenvalue weighted by Gasteiger charge is 2.28. The van der Waals surface area contributed by atoms with Gasteiger partial charge in [-0.25, -0.2) is 0 Å². The highest BCUT2D eigenvalue weighted by atomic mass is 16.5. The molecular weight excluding hydrogens is 310 g/mol. The second-order valence-corrected chi connectivity index (χ2v) is 6.36. The Hall–Kier alpha value is -1.86. The third-order valence-corrected chi connectivity index (χ3v) is 4.47. The number of hydrogen-bond donors (Lipinski definition) is 1. The standard InChI is InChI=1S/C17H27N3O4/c1-5-20-12(2)8-15(13(20)3)17(23)19-6-7-24-14(10-19)9-18(4)11-16(21)22/h8,14H,5-7,9-11H2,1-4H3,(H,21,22). The van der Waals surface area contributed by atoms with Gasteiger partial charge in [-0.3, -0.25) is 14.5 Å². The molecule has 1 aromatic rings. The van der Waals surface area contributed by atoms with Gasteiger partial charge >= 0.3 is 5.97 Å². The molecule has 2 rings (SSSR count). The van der Waals surface area contributed by atoms with Gasteiger partial charge in [0, 0.05) is 37.6 Å². The molecule has 0 aromatic carbocycles. The van der Waals surface area contributed by atoms with Crippen LogP contribution in [0.15, 0.2) is 6.07 Å². The van der Waals surface area contributed by atoms with Crippen molar-refractivity contribution >= 4 is 11.9 Å². The summed E-state index contributed by atoms with van der Waals surface area (Å²) in [5, 5.41) is 8.84. The fourth-order valence-electron chi connectivity index (χ4n) is 3.33. The monoisotopic (exact) mass is 337 g/mol. The van der Waals surface area contributed by atoms with Crippen molar-refractivity contribution in [1.82, 2.24) is 14.4 Å². The molecule has 0 bridgehead atoms. The minimum absolute atomic E-state index is 0.0250. The van der Waals surface area contributed by atoms with Gasteiger partial charge in [-0.2, -0.15) is 0 Å². The Labute approximate surface area is 142 Å². The Balaban J connectivity index is 2.04. The van der Waals surface area contributed by atoms with Crippen molar-refractivity contribution < 1.29 is 19.4 Å². The number of carboxylic acid groups (broad SMARTS) is 1. The van der Waals surface area contributed by atoms with E-state index in [-0.39, 0.29) is 18.6 Å². The molecule has 1 unspecified atom stereocenters. The van der Waals surface area contributed by atoms with Crippen molar-refractivity contribution in [2.45, 2.75) is 33.4 Å². The Morgan fingerprint density at radius 1 is 1.42 bits per heavy atom. The molecule has 1 N–H and O–H groups in total. The van der Waals surface area contributed by atoms with E-state index in [1.807, 2.05) is 24.8 Å². The molecule has 0 radical (unpaired) electrons. The lowest BCUT2D eigenvalue weighted by molar-refractivity contribution is -0.138. The van der Waals surface area contributed by atoms with Gasteiger partial charge < -0.3 is 19.3 Å². The first-order chi connectivity index (χ1) is 11.3. The summed E-state index contributed by atoms with van der Waals surface area (Å²) in [6, 6.07) is 1.95. The molecule has 1 fully saturated rings. The fraction of sp³-hybridized carbons (Fsp3) is 0.647. The normalized spacial score (nSPS) is 18.2. The predicted molar refractivity (Wildman–Crippen MR) is 90.4 cm³/mol. The van der Waals surface area contributed by atoms with Crippen LogP contribution in [0.3, 0.4) is 0 Å².